The summed E-state index contributed by atoms with van der Waals surface area (Å²) < 4.78 is 0. The predicted molar refractivity (Wildman–Crippen MR) is 70.4 cm³/mol. The summed E-state index contributed by atoms with van der Waals surface area (Å²) in [5.74, 6) is -0.959. The van der Waals surface area contributed by atoms with Crippen LogP contribution in [-0.2, 0) is 4.79 Å². The lowest BCUT2D eigenvalue weighted by Gasteiger charge is -2.17. The highest BCUT2D eigenvalue weighted by Crippen LogP contribution is 2.25. The van der Waals surface area contributed by atoms with E-state index in [1.54, 1.807) is 12.1 Å². The van der Waals surface area contributed by atoms with E-state index in [1.807, 2.05) is 0 Å². The van der Waals surface area contributed by atoms with Crippen LogP contribution in [0, 0.1) is 0 Å². The quantitative estimate of drug-likeness (QED) is 0.896. The van der Waals surface area contributed by atoms with E-state index < -0.39 is 12.0 Å². The molecule has 0 fully saturated rings. The molecule has 0 aliphatic rings. The number of rotatable bonds is 4. The van der Waals surface area contributed by atoms with Crippen LogP contribution in [0.1, 0.15) is 6.42 Å². The van der Waals surface area contributed by atoms with E-state index in [0.717, 1.165) is 0 Å². The molecular weight excluding hydrogens is 279 g/mol. The third-order valence-electron chi connectivity index (χ3n) is 2.18. The van der Waals surface area contributed by atoms with Gasteiger partial charge in [-0.1, -0.05) is 23.2 Å². The lowest BCUT2D eigenvalue weighted by atomic mass is 10.3. The van der Waals surface area contributed by atoms with Crippen molar-refractivity contribution < 1.29 is 14.7 Å². The van der Waals surface area contributed by atoms with E-state index in [-0.39, 0.29) is 13.0 Å². The molecule has 0 aliphatic heterocycles. The third kappa shape index (κ3) is 4.43. The molecule has 0 bridgehead atoms. The minimum absolute atomic E-state index is 0.113. The van der Waals surface area contributed by atoms with Gasteiger partial charge >= 0.3 is 12.0 Å². The first-order chi connectivity index (χ1) is 8.40. The van der Waals surface area contributed by atoms with E-state index in [0.29, 0.717) is 15.7 Å². The fourth-order valence-electron chi connectivity index (χ4n) is 1.17. The van der Waals surface area contributed by atoms with Crippen molar-refractivity contribution in [3.05, 3.63) is 28.2 Å². The van der Waals surface area contributed by atoms with Gasteiger partial charge in [-0.3, -0.25) is 4.79 Å². The molecule has 2 N–H and O–H groups in total. The number of halogens is 2. The number of hydrogen-bond donors (Lipinski definition) is 2. The van der Waals surface area contributed by atoms with Crippen molar-refractivity contribution in [1.29, 1.82) is 0 Å². The summed E-state index contributed by atoms with van der Waals surface area (Å²) in [5.41, 5.74) is 0.424. The van der Waals surface area contributed by atoms with Crippen LogP contribution in [0.4, 0.5) is 10.5 Å². The smallest absolute Gasteiger partial charge is 0.321 e. The molecule has 7 heteroatoms. The van der Waals surface area contributed by atoms with Crippen LogP contribution in [0.15, 0.2) is 18.2 Å². The average Bonchev–Trinajstić information content (AvgIpc) is 2.29. The summed E-state index contributed by atoms with van der Waals surface area (Å²) >= 11 is 11.6. The Hall–Kier alpha value is -1.46. The maximum absolute atomic E-state index is 11.7. The van der Waals surface area contributed by atoms with Crippen molar-refractivity contribution in [2.24, 2.45) is 0 Å². The fraction of sp³-hybridized carbons (Fsp3) is 0.273. The van der Waals surface area contributed by atoms with Crippen LogP contribution in [0.5, 0.6) is 0 Å². The SMILES string of the molecule is CN(CCC(=O)O)C(=O)Nc1ccc(Cl)cc1Cl. The molecule has 1 aromatic rings. The van der Waals surface area contributed by atoms with Crippen LogP contribution >= 0.6 is 23.2 Å². The summed E-state index contributed by atoms with van der Waals surface area (Å²) in [6.07, 6.45) is -0.113. The summed E-state index contributed by atoms with van der Waals surface area (Å²) in [7, 11) is 1.50. The largest absolute Gasteiger partial charge is 0.481 e. The van der Waals surface area contributed by atoms with Gasteiger partial charge in [-0.2, -0.15) is 0 Å². The zero-order valence-electron chi connectivity index (χ0n) is 9.61. The van der Waals surface area contributed by atoms with Crippen molar-refractivity contribution in [3.8, 4) is 0 Å². The number of anilines is 1. The average molecular weight is 291 g/mol. The van der Waals surface area contributed by atoms with Crippen LogP contribution in [0.25, 0.3) is 0 Å². The molecule has 1 rings (SSSR count). The van der Waals surface area contributed by atoms with E-state index >= 15 is 0 Å². The molecule has 0 aromatic heterocycles. The fourth-order valence-corrected chi connectivity index (χ4v) is 1.62. The monoisotopic (exact) mass is 290 g/mol. The lowest BCUT2D eigenvalue weighted by molar-refractivity contribution is -0.137. The van der Waals surface area contributed by atoms with Gasteiger partial charge in [0.05, 0.1) is 17.1 Å². The topological polar surface area (TPSA) is 69.6 Å². The zero-order valence-corrected chi connectivity index (χ0v) is 11.1. The van der Waals surface area contributed by atoms with Crippen molar-refractivity contribution in [1.82, 2.24) is 4.90 Å². The van der Waals surface area contributed by atoms with Gasteiger partial charge in [0.2, 0.25) is 0 Å². The van der Waals surface area contributed by atoms with Gasteiger partial charge in [0, 0.05) is 18.6 Å². The summed E-state index contributed by atoms with van der Waals surface area (Å²) in [6.45, 7) is 0.117. The van der Waals surface area contributed by atoms with E-state index in [2.05, 4.69) is 5.32 Å². The van der Waals surface area contributed by atoms with E-state index in [9.17, 15) is 9.59 Å². The van der Waals surface area contributed by atoms with Gasteiger partial charge in [-0.05, 0) is 18.2 Å². The molecule has 1 aromatic carbocycles. The summed E-state index contributed by atoms with van der Waals surface area (Å²) in [5, 5.41) is 11.9. The van der Waals surface area contributed by atoms with Crippen LogP contribution in [-0.4, -0.2) is 35.6 Å². The zero-order chi connectivity index (χ0) is 13.7. The second kappa shape index (κ2) is 6.47. The lowest BCUT2D eigenvalue weighted by Crippen LogP contribution is -2.33. The first-order valence-electron chi connectivity index (χ1n) is 5.09. The van der Waals surface area contributed by atoms with Crippen LogP contribution in [0.2, 0.25) is 10.0 Å². The Morgan fingerprint density at radius 3 is 2.61 bits per heavy atom. The Morgan fingerprint density at radius 1 is 1.39 bits per heavy atom. The number of amides is 2. The normalized spacial score (nSPS) is 9.94. The number of carbonyl (C=O) groups excluding carboxylic acids is 1. The molecule has 0 saturated carbocycles. The van der Waals surface area contributed by atoms with Gasteiger partial charge in [-0.25, -0.2) is 4.79 Å². The van der Waals surface area contributed by atoms with Crippen LogP contribution < -0.4 is 5.32 Å². The van der Waals surface area contributed by atoms with Gasteiger partial charge in [0.1, 0.15) is 0 Å². The first-order valence-corrected chi connectivity index (χ1v) is 5.84. The highest BCUT2D eigenvalue weighted by atomic mass is 35.5. The molecule has 0 radical (unpaired) electrons. The Bertz CT molecular complexity index is 466. The molecule has 0 heterocycles. The summed E-state index contributed by atoms with van der Waals surface area (Å²) in [4.78, 5) is 23.3. The molecule has 0 aliphatic carbocycles. The molecule has 0 unspecified atom stereocenters. The number of nitrogens with one attached hydrogen (secondary N) is 1. The molecule has 98 valence electrons. The Morgan fingerprint density at radius 2 is 2.06 bits per heavy atom. The second-order valence-electron chi connectivity index (χ2n) is 3.62. The molecule has 2 amide bonds. The van der Waals surface area contributed by atoms with Gasteiger partial charge in [-0.15, -0.1) is 0 Å². The number of carboxylic acid groups (broad SMARTS) is 1. The highest BCUT2D eigenvalue weighted by molar-refractivity contribution is 6.36. The Balaban J connectivity index is 2.61. The maximum Gasteiger partial charge on any atom is 0.321 e. The number of carbonyl (C=O) groups is 2. The number of urea groups is 1. The third-order valence-corrected chi connectivity index (χ3v) is 2.73. The molecular formula is C11H12Cl2N2O3. The van der Waals surface area contributed by atoms with Crippen molar-refractivity contribution in [3.63, 3.8) is 0 Å². The number of benzene rings is 1. The number of carboxylic acids is 1. The molecule has 18 heavy (non-hydrogen) atoms. The molecule has 0 spiro atoms. The second-order valence-corrected chi connectivity index (χ2v) is 4.46. The number of aliphatic carboxylic acids is 1. The van der Waals surface area contributed by atoms with Crippen molar-refractivity contribution in [2.75, 3.05) is 18.9 Å². The van der Waals surface area contributed by atoms with E-state index in [1.165, 1.54) is 18.0 Å². The number of nitrogens with zero attached hydrogens (tertiary/aromatic N) is 1. The van der Waals surface area contributed by atoms with Crippen molar-refractivity contribution >= 4 is 40.9 Å². The minimum Gasteiger partial charge on any atom is -0.481 e. The minimum atomic E-state index is -0.959. The Labute approximate surface area is 114 Å². The molecule has 5 nitrogen and oxygen atoms in total. The van der Waals surface area contributed by atoms with Crippen molar-refractivity contribution in [2.45, 2.75) is 6.42 Å². The maximum atomic E-state index is 11.7. The molecule has 0 atom stereocenters. The standard InChI is InChI=1S/C11H12Cl2N2O3/c1-15(5-4-10(16)17)11(18)14-9-3-2-7(12)6-8(9)13/h2-3,6H,4-5H2,1H3,(H,14,18)(H,16,17). The van der Waals surface area contributed by atoms with Gasteiger partial charge in [0.25, 0.3) is 0 Å². The predicted octanol–water partition coefficient (Wildman–Crippen LogP) is 2.93. The summed E-state index contributed by atoms with van der Waals surface area (Å²) in [6, 6.07) is 4.25. The number of hydrogen-bond acceptors (Lipinski definition) is 2. The first kappa shape index (κ1) is 14.6. The molecule has 0 saturated heterocycles. The van der Waals surface area contributed by atoms with Crippen LogP contribution in [0.3, 0.4) is 0 Å². The Kier molecular flexibility index (Phi) is 5.25. The highest BCUT2D eigenvalue weighted by Gasteiger charge is 2.11. The van der Waals surface area contributed by atoms with Gasteiger partial charge in [0.15, 0.2) is 0 Å². The van der Waals surface area contributed by atoms with Gasteiger partial charge < -0.3 is 15.3 Å². The van der Waals surface area contributed by atoms with E-state index in [4.69, 9.17) is 28.3 Å².